The number of hydrogen-bond acceptors (Lipinski definition) is 6. The Morgan fingerprint density at radius 1 is 1.27 bits per heavy atom. The van der Waals surface area contributed by atoms with Gasteiger partial charge in [0.25, 0.3) is 0 Å². The van der Waals surface area contributed by atoms with Crippen molar-refractivity contribution in [2.45, 2.75) is 71.2 Å². The fourth-order valence-electron chi connectivity index (χ4n) is 4.42. The van der Waals surface area contributed by atoms with Crippen LogP contribution in [0.3, 0.4) is 0 Å². The summed E-state index contributed by atoms with van der Waals surface area (Å²) >= 11 is 0. The van der Waals surface area contributed by atoms with Gasteiger partial charge in [0.15, 0.2) is 0 Å². The van der Waals surface area contributed by atoms with E-state index >= 15 is 0 Å². The number of carbonyl (C=O) groups excluding carboxylic acids is 1. The van der Waals surface area contributed by atoms with Crippen molar-refractivity contribution >= 4 is 17.6 Å². The Bertz CT molecular complexity index is 911. The normalized spacial score (nSPS) is 20.2. The van der Waals surface area contributed by atoms with E-state index < -0.39 is 5.60 Å². The van der Waals surface area contributed by atoms with Gasteiger partial charge in [-0.15, -0.1) is 0 Å². The lowest BCUT2D eigenvalue weighted by molar-refractivity contribution is 0.0204. The van der Waals surface area contributed by atoms with Crippen LogP contribution in [-0.4, -0.2) is 50.5 Å². The molecular weight excluding hydrogens is 380 g/mol. The minimum absolute atomic E-state index is 0.215. The van der Waals surface area contributed by atoms with Crippen LogP contribution in [-0.2, 0) is 17.8 Å². The molecule has 0 saturated carbocycles. The second-order valence-corrected chi connectivity index (χ2v) is 9.39. The highest BCUT2D eigenvalue weighted by atomic mass is 16.6. The third kappa shape index (κ3) is 4.22. The summed E-state index contributed by atoms with van der Waals surface area (Å²) in [6, 6.07) is 4.26. The fraction of sp³-hybridized carbons (Fsp3) is 0.591. The zero-order valence-corrected chi connectivity index (χ0v) is 18.3. The number of nitrogens with zero attached hydrogens (tertiary/aromatic N) is 5. The van der Waals surface area contributed by atoms with Crippen molar-refractivity contribution in [3.05, 3.63) is 35.8 Å². The van der Waals surface area contributed by atoms with Gasteiger partial charge in [-0.25, -0.2) is 9.78 Å². The van der Waals surface area contributed by atoms with Crippen LogP contribution in [0, 0.1) is 0 Å². The molecule has 1 fully saturated rings. The van der Waals surface area contributed by atoms with Crippen molar-refractivity contribution in [1.29, 1.82) is 0 Å². The van der Waals surface area contributed by atoms with E-state index in [-0.39, 0.29) is 6.09 Å². The maximum Gasteiger partial charge on any atom is 0.410 e. The summed E-state index contributed by atoms with van der Waals surface area (Å²) in [6.45, 7) is 11.0. The predicted molar refractivity (Wildman–Crippen MR) is 116 cm³/mol. The first-order chi connectivity index (χ1) is 14.2. The number of likely N-dealkylation sites (tertiary alicyclic amines) is 1. The first-order valence-corrected chi connectivity index (χ1v) is 10.7. The van der Waals surface area contributed by atoms with Gasteiger partial charge in [0.1, 0.15) is 11.4 Å². The molecule has 30 heavy (non-hydrogen) atoms. The summed E-state index contributed by atoms with van der Waals surface area (Å²) in [5.41, 5.74) is 9.11. The molecule has 0 aliphatic carbocycles. The molecule has 0 radical (unpaired) electrons. The second-order valence-electron chi connectivity index (χ2n) is 9.39. The minimum Gasteiger partial charge on any atom is -0.444 e. The summed E-state index contributed by atoms with van der Waals surface area (Å²) in [5.74, 6) is 0.943. The molecule has 1 atom stereocenters. The largest absolute Gasteiger partial charge is 0.444 e. The molecule has 2 aromatic heterocycles. The molecule has 162 valence electrons. The van der Waals surface area contributed by atoms with Gasteiger partial charge >= 0.3 is 6.09 Å². The van der Waals surface area contributed by atoms with Gasteiger partial charge in [0.05, 0.1) is 25.0 Å². The zero-order valence-electron chi connectivity index (χ0n) is 18.3. The smallest absolute Gasteiger partial charge is 0.410 e. The lowest BCUT2D eigenvalue weighted by Crippen LogP contribution is -2.43. The molecule has 0 aromatic carbocycles. The number of pyridine rings is 1. The Morgan fingerprint density at radius 2 is 2.00 bits per heavy atom. The van der Waals surface area contributed by atoms with Gasteiger partial charge in [-0.05, 0) is 58.1 Å². The van der Waals surface area contributed by atoms with Gasteiger partial charge in [-0.2, -0.15) is 5.10 Å². The van der Waals surface area contributed by atoms with E-state index in [1.54, 1.807) is 6.20 Å². The molecule has 1 saturated heterocycles. The second kappa shape index (κ2) is 7.81. The van der Waals surface area contributed by atoms with E-state index in [2.05, 4.69) is 26.6 Å². The van der Waals surface area contributed by atoms with Gasteiger partial charge in [0.2, 0.25) is 0 Å². The molecule has 0 bridgehead atoms. The van der Waals surface area contributed by atoms with Gasteiger partial charge < -0.3 is 20.3 Å². The van der Waals surface area contributed by atoms with Crippen molar-refractivity contribution in [2.75, 3.05) is 23.7 Å². The van der Waals surface area contributed by atoms with Crippen molar-refractivity contribution < 1.29 is 9.53 Å². The van der Waals surface area contributed by atoms with Crippen LogP contribution in [0.4, 0.5) is 16.3 Å². The molecule has 0 spiro atoms. The zero-order chi connectivity index (χ0) is 21.5. The van der Waals surface area contributed by atoms with Crippen LogP contribution in [0.2, 0.25) is 0 Å². The molecule has 1 amide bonds. The molecule has 4 rings (SSSR count). The Balaban J connectivity index is 1.47. The third-order valence-electron chi connectivity index (χ3n) is 5.95. The summed E-state index contributed by atoms with van der Waals surface area (Å²) in [6.07, 6.45) is 5.43. The number of anilines is 2. The molecular formula is C22H32N6O2. The van der Waals surface area contributed by atoms with Gasteiger partial charge in [0, 0.05) is 37.1 Å². The van der Waals surface area contributed by atoms with E-state index in [0.717, 1.165) is 31.6 Å². The van der Waals surface area contributed by atoms with Crippen molar-refractivity contribution in [1.82, 2.24) is 19.7 Å². The first-order valence-electron chi connectivity index (χ1n) is 10.7. The Labute approximate surface area is 178 Å². The highest BCUT2D eigenvalue weighted by Gasteiger charge is 2.32. The van der Waals surface area contributed by atoms with E-state index in [4.69, 9.17) is 10.5 Å². The minimum atomic E-state index is -0.463. The number of hydrogen-bond donors (Lipinski definition) is 1. The van der Waals surface area contributed by atoms with Gasteiger partial charge in [-0.1, -0.05) is 0 Å². The van der Waals surface area contributed by atoms with Crippen LogP contribution in [0.5, 0.6) is 0 Å². The number of nitrogens with two attached hydrogens (primary N) is 1. The lowest BCUT2D eigenvalue weighted by Gasteiger charge is -2.37. The first kappa shape index (κ1) is 20.5. The predicted octanol–water partition coefficient (Wildman–Crippen LogP) is 3.38. The molecule has 8 nitrogen and oxygen atoms in total. The number of amides is 1. The molecule has 0 unspecified atom stereocenters. The van der Waals surface area contributed by atoms with E-state index in [1.807, 2.05) is 44.0 Å². The van der Waals surface area contributed by atoms with Crippen LogP contribution in [0.25, 0.3) is 0 Å². The van der Waals surface area contributed by atoms with E-state index in [1.165, 1.54) is 11.3 Å². The van der Waals surface area contributed by atoms with E-state index in [0.29, 0.717) is 30.9 Å². The molecule has 2 N–H and O–H groups in total. The molecule has 2 aromatic rings. The highest BCUT2D eigenvalue weighted by molar-refractivity contribution is 5.68. The maximum absolute atomic E-state index is 12.4. The molecule has 2 aliphatic rings. The number of ether oxygens (including phenoxy) is 1. The van der Waals surface area contributed by atoms with Crippen molar-refractivity contribution in [2.24, 2.45) is 0 Å². The average molecular weight is 413 g/mol. The van der Waals surface area contributed by atoms with Crippen LogP contribution in [0.1, 0.15) is 57.7 Å². The molecule has 2 aliphatic heterocycles. The number of fused-ring (bicyclic) bond motifs is 1. The van der Waals surface area contributed by atoms with Crippen LogP contribution < -0.4 is 10.6 Å². The maximum atomic E-state index is 12.4. The Hall–Kier alpha value is -2.77. The average Bonchev–Trinajstić information content (AvgIpc) is 3.08. The quantitative estimate of drug-likeness (QED) is 0.813. The SMILES string of the molecule is C[C@@H]1Cn2ncc(C3CCN(C(=O)OC(C)(C)C)CC3)c2CN1c1ccnc(N)c1. The number of piperidine rings is 1. The summed E-state index contributed by atoms with van der Waals surface area (Å²) in [4.78, 5) is 20.7. The molecule has 8 heteroatoms. The lowest BCUT2D eigenvalue weighted by atomic mass is 9.89. The number of nitrogen functional groups attached to an aromatic ring is 1. The van der Waals surface area contributed by atoms with Gasteiger partial charge in [-0.3, -0.25) is 4.68 Å². The summed E-state index contributed by atoms with van der Waals surface area (Å²) in [5, 5.41) is 4.68. The standard InChI is InChI=1S/C22H32N6O2/c1-15-13-28-19(14-27(15)17-5-8-24-20(23)11-17)18(12-25-28)16-6-9-26(10-7-16)21(29)30-22(2,3)4/h5,8,11-12,15-16H,6-7,9-10,13-14H2,1-4H3,(H2,23,24)/t15-/m1/s1. The van der Waals surface area contributed by atoms with Crippen LogP contribution >= 0.6 is 0 Å². The monoisotopic (exact) mass is 412 g/mol. The van der Waals surface area contributed by atoms with Crippen molar-refractivity contribution in [3.8, 4) is 0 Å². The van der Waals surface area contributed by atoms with Crippen molar-refractivity contribution in [3.63, 3.8) is 0 Å². The summed E-state index contributed by atoms with van der Waals surface area (Å²) in [7, 11) is 0. The number of carbonyl (C=O) groups is 1. The fourth-order valence-corrected chi connectivity index (χ4v) is 4.42. The molecule has 4 heterocycles. The van der Waals surface area contributed by atoms with Crippen LogP contribution in [0.15, 0.2) is 24.5 Å². The third-order valence-corrected chi connectivity index (χ3v) is 5.95. The Kier molecular flexibility index (Phi) is 5.34. The number of aromatic nitrogens is 3. The number of rotatable bonds is 2. The Morgan fingerprint density at radius 3 is 2.67 bits per heavy atom. The summed E-state index contributed by atoms with van der Waals surface area (Å²) < 4.78 is 7.67. The highest BCUT2D eigenvalue weighted by Crippen LogP contribution is 2.34. The van der Waals surface area contributed by atoms with E-state index in [9.17, 15) is 4.79 Å². The topological polar surface area (TPSA) is 89.5 Å².